The minimum atomic E-state index is 0. The van der Waals surface area contributed by atoms with E-state index in [1.165, 1.54) is 26.1 Å². The van der Waals surface area contributed by atoms with Crippen molar-refractivity contribution in [3.05, 3.63) is 56.0 Å². The quantitative estimate of drug-likeness (QED) is 0.468. The van der Waals surface area contributed by atoms with E-state index in [1.54, 1.807) is 5.57 Å². The zero-order valence-corrected chi connectivity index (χ0v) is 15.2. The third-order valence-electron chi connectivity index (χ3n) is 3.35. The standard InChI is InChI=1S/C15H17.3ClH.Ti/c1-11-8-12(2)13(3)15(9-11)10-14-6-4-5-7-14;;;;/h4-5,8-9H,6,10H2,1-3H3;3*1H;/q;;;;+3/p-3. The van der Waals surface area contributed by atoms with Crippen LogP contribution in [0.2, 0.25) is 0 Å². The van der Waals surface area contributed by atoms with Crippen LogP contribution in [0.3, 0.4) is 0 Å². The molecule has 0 saturated carbocycles. The van der Waals surface area contributed by atoms with Crippen LogP contribution in [-0.2, 0) is 26.9 Å². The molecule has 1 aliphatic rings. The number of allylic oxidation sites excluding steroid dienone is 4. The molecule has 4 heteroatoms. The molecule has 0 spiro atoms. The van der Waals surface area contributed by atoms with Gasteiger partial charge in [0.1, 0.15) is 0 Å². The van der Waals surface area contributed by atoms with E-state index in [0.717, 1.165) is 12.8 Å². The molecule has 0 aliphatic heterocycles. The Hall–Kier alpha value is 0.284. The maximum atomic E-state index is 2.33. The summed E-state index contributed by atoms with van der Waals surface area (Å²) in [6.07, 6.45) is 6.77. The Morgan fingerprint density at radius 1 is 1.05 bits per heavy atom. The van der Waals surface area contributed by atoms with Crippen molar-refractivity contribution in [3.63, 3.8) is 0 Å². The minimum absolute atomic E-state index is 0. The molecule has 0 fully saturated rings. The molecule has 0 N–H and O–H groups in total. The first kappa shape index (κ1) is 21.6. The zero-order chi connectivity index (χ0) is 11.7. The van der Waals surface area contributed by atoms with Gasteiger partial charge in [-0.2, -0.15) is 0 Å². The third kappa shape index (κ3) is 5.29. The Bertz CT molecular complexity index is 490. The van der Waals surface area contributed by atoms with E-state index >= 15 is 0 Å². The summed E-state index contributed by atoms with van der Waals surface area (Å²) >= 11 is 2.22. The summed E-state index contributed by atoms with van der Waals surface area (Å²) in [4.78, 5) is 0. The van der Waals surface area contributed by atoms with Gasteiger partial charge in [0.25, 0.3) is 0 Å². The fraction of sp³-hybridized carbons (Fsp3) is 0.333. The Kier molecular flexibility index (Phi) is 10.5. The summed E-state index contributed by atoms with van der Waals surface area (Å²) in [6.45, 7) is 6.63. The van der Waals surface area contributed by atoms with Gasteiger partial charge in [0.15, 0.2) is 0 Å². The normalized spacial score (nSPS) is 12.7. The second-order valence-electron chi connectivity index (χ2n) is 4.67. The monoisotopic (exact) mass is 350 g/mol. The van der Waals surface area contributed by atoms with E-state index in [4.69, 9.17) is 0 Å². The molecule has 1 aliphatic carbocycles. The molecule has 2 rings (SSSR count). The number of aryl methyl sites for hydroxylation is 2. The summed E-state index contributed by atoms with van der Waals surface area (Å²) in [5, 5.41) is 0. The molecular weight excluding hydrogens is 334 g/mol. The van der Waals surface area contributed by atoms with Crippen LogP contribution in [0.25, 0.3) is 0 Å². The van der Waals surface area contributed by atoms with Gasteiger partial charge in [-0.1, -0.05) is 0 Å². The minimum Gasteiger partial charge on any atom is -1.00 e. The van der Waals surface area contributed by atoms with E-state index in [-0.39, 0.29) is 37.2 Å². The summed E-state index contributed by atoms with van der Waals surface area (Å²) in [5.74, 6) is 0. The Balaban J connectivity index is 0. The molecule has 0 saturated heterocycles. The number of hydrogen-bond donors (Lipinski definition) is 0. The molecule has 19 heavy (non-hydrogen) atoms. The van der Waals surface area contributed by atoms with Gasteiger partial charge in [-0.15, -0.1) is 0 Å². The van der Waals surface area contributed by atoms with Crippen LogP contribution in [0, 0.1) is 20.8 Å². The fourth-order valence-electron chi connectivity index (χ4n) is 2.26. The van der Waals surface area contributed by atoms with Crippen LogP contribution < -0.4 is 37.2 Å². The first-order valence-corrected chi connectivity index (χ1v) is 6.53. The first-order valence-electron chi connectivity index (χ1n) is 5.75. The van der Waals surface area contributed by atoms with Crippen LogP contribution in [0.5, 0.6) is 0 Å². The molecule has 0 radical (unpaired) electrons. The average Bonchev–Trinajstić information content (AvgIpc) is 2.60. The van der Waals surface area contributed by atoms with Crippen molar-refractivity contribution < 1.29 is 57.7 Å². The van der Waals surface area contributed by atoms with Gasteiger partial charge in [-0.25, -0.2) is 0 Å². The molecule has 1 aromatic carbocycles. The van der Waals surface area contributed by atoms with Crippen LogP contribution in [-0.4, -0.2) is 0 Å². The summed E-state index contributed by atoms with van der Waals surface area (Å²) in [5.41, 5.74) is 7.32. The SMILES string of the molecule is Cc1cc(C)c(C)c(CC2=[C]([Ti+3])C=CC2)c1.[Cl-].[Cl-].[Cl-]. The average molecular weight is 352 g/mol. The van der Waals surface area contributed by atoms with Crippen molar-refractivity contribution in [2.24, 2.45) is 0 Å². The molecule has 0 amide bonds. The third-order valence-corrected chi connectivity index (χ3v) is 4.17. The molecule has 0 atom stereocenters. The van der Waals surface area contributed by atoms with Gasteiger partial charge in [0.05, 0.1) is 0 Å². The largest absolute Gasteiger partial charge is 1.00 e. The predicted octanol–water partition coefficient (Wildman–Crippen LogP) is -5.07. The molecule has 0 aromatic heterocycles. The van der Waals surface area contributed by atoms with Crippen molar-refractivity contribution in [1.29, 1.82) is 0 Å². The van der Waals surface area contributed by atoms with Crippen LogP contribution >= 0.6 is 0 Å². The maximum Gasteiger partial charge on any atom is -1.00 e. The van der Waals surface area contributed by atoms with Crippen molar-refractivity contribution in [1.82, 2.24) is 0 Å². The van der Waals surface area contributed by atoms with Crippen LogP contribution in [0.4, 0.5) is 0 Å². The molecule has 0 heterocycles. The summed E-state index contributed by atoms with van der Waals surface area (Å²) in [7, 11) is 0. The second-order valence-corrected chi connectivity index (χ2v) is 5.51. The van der Waals surface area contributed by atoms with Gasteiger partial charge >= 0.3 is 110 Å². The number of halogens is 3. The van der Waals surface area contributed by atoms with E-state index in [9.17, 15) is 0 Å². The second kappa shape index (κ2) is 9.26. The van der Waals surface area contributed by atoms with Crippen LogP contribution in [0.1, 0.15) is 28.7 Å². The zero-order valence-electron chi connectivity index (χ0n) is 11.4. The van der Waals surface area contributed by atoms with Gasteiger partial charge in [-0.05, 0) is 0 Å². The van der Waals surface area contributed by atoms with Gasteiger partial charge < -0.3 is 37.2 Å². The van der Waals surface area contributed by atoms with Crippen molar-refractivity contribution in [2.75, 3.05) is 0 Å². The van der Waals surface area contributed by atoms with Crippen LogP contribution in [0.15, 0.2) is 33.7 Å². The Morgan fingerprint density at radius 3 is 2.21 bits per heavy atom. The molecule has 0 nitrogen and oxygen atoms in total. The molecule has 102 valence electrons. The number of benzene rings is 1. The number of rotatable bonds is 2. The molecular formula is C15H17Cl3Ti. The van der Waals surface area contributed by atoms with E-state index in [0.29, 0.717) is 0 Å². The van der Waals surface area contributed by atoms with E-state index in [1.807, 2.05) is 0 Å². The van der Waals surface area contributed by atoms with Crippen molar-refractivity contribution >= 4 is 0 Å². The summed E-state index contributed by atoms with van der Waals surface area (Å²) in [6, 6.07) is 4.61. The summed E-state index contributed by atoms with van der Waals surface area (Å²) < 4.78 is 1.46. The van der Waals surface area contributed by atoms with Gasteiger partial charge in [-0.3, -0.25) is 0 Å². The van der Waals surface area contributed by atoms with E-state index in [2.05, 4.69) is 65.5 Å². The van der Waals surface area contributed by atoms with Crippen molar-refractivity contribution in [3.8, 4) is 0 Å². The maximum absolute atomic E-state index is 2.33. The fourth-order valence-corrected chi connectivity index (χ4v) is 2.74. The first-order chi connectivity index (χ1) is 7.58. The van der Waals surface area contributed by atoms with E-state index < -0.39 is 0 Å². The Labute approximate surface area is 146 Å². The van der Waals surface area contributed by atoms with Gasteiger partial charge in [0, 0.05) is 0 Å². The van der Waals surface area contributed by atoms with Crippen molar-refractivity contribution in [2.45, 2.75) is 33.6 Å². The predicted molar refractivity (Wildman–Crippen MR) is 65.1 cm³/mol. The Morgan fingerprint density at radius 2 is 1.68 bits per heavy atom. The smallest absolute Gasteiger partial charge is 1.00 e. The van der Waals surface area contributed by atoms with Gasteiger partial charge in [0.2, 0.25) is 0 Å². The molecule has 0 bridgehead atoms. The molecule has 1 aromatic rings. The number of hydrogen-bond acceptors (Lipinski definition) is 0. The topological polar surface area (TPSA) is 0 Å². The molecule has 0 unspecified atom stereocenters.